The summed E-state index contributed by atoms with van der Waals surface area (Å²) in [4.78, 5) is 2.20. The Hall–Kier alpha value is -0.540. The van der Waals surface area contributed by atoms with Gasteiger partial charge in [-0.3, -0.25) is 0 Å². The van der Waals surface area contributed by atoms with Gasteiger partial charge >= 0.3 is 0 Å². The predicted molar refractivity (Wildman–Crippen MR) is 58.6 cm³/mol. The quantitative estimate of drug-likeness (QED) is 0.576. The number of unbranched alkanes of at least 4 members (excludes halogenated alkanes) is 1. The first-order chi connectivity index (χ1) is 6.07. The van der Waals surface area contributed by atoms with Crippen molar-refractivity contribution in [2.45, 2.75) is 25.3 Å². The van der Waals surface area contributed by atoms with E-state index in [0.717, 1.165) is 18.7 Å². The lowest BCUT2D eigenvalue weighted by Crippen LogP contribution is -2.30. The molecule has 0 aromatic rings. The average molecular weight is 185 g/mol. The van der Waals surface area contributed by atoms with Gasteiger partial charge in [-0.2, -0.15) is 0 Å². The highest BCUT2D eigenvalue weighted by Gasteiger charge is 2.05. The third-order valence-corrected chi connectivity index (χ3v) is 2.14. The molecule has 3 N–H and O–H groups in total. The predicted octanol–water partition coefficient (Wildman–Crippen LogP) is 0.779. The van der Waals surface area contributed by atoms with E-state index in [4.69, 9.17) is 5.73 Å². The second-order valence-electron chi connectivity index (χ2n) is 3.72. The molecule has 0 amide bonds. The summed E-state index contributed by atoms with van der Waals surface area (Å²) in [6, 6.07) is 0.280. The molecule has 3 heteroatoms. The molecule has 3 nitrogen and oxygen atoms in total. The molecule has 0 aliphatic carbocycles. The fraction of sp³-hybridized carbons (Fsp3) is 0.800. The van der Waals surface area contributed by atoms with Crippen LogP contribution in [0.3, 0.4) is 0 Å². The van der Waals surface area contributed by atoms with Gasteiger partial charge in [0.15, 0.2) is 0 Å². The molecule has 0 fully saturated rings. The van der Waals surface area contributed by atoms with Crippen molar-refractivity contribution in [3.8, 4) is 0 Å². The number of nitrogens with one attached hydrogen (secondary N) is 1. The van der Waals surface area contributed by atoms with Gasteiger partial charge in [0.1, 0.15) is 0 Å². The summed E-state index contributed by atoms with van der Waals surface area (Å²) in [5, 5.41) is 3.15. The van der Waals surface area contributed by atoms with Crippen molar-refractivity contribution in [3.05, 3.63) is 12.3 Å². The fourth-order valence-corrected chi connectivity index (χ4v) is 1.29. The van der Waals surface area contributed by atoms with E-state index in [1.807, 2.05) is 7.05 Å². The summed E-state index contributed by atoms with van der Waals surface area (Å²) >= 11 is 0. The highest BCUT2D eigenvalue weighted by atomic mass is 15.0. The van der Waals surface area contributed by atoms with Crippen LogP contribution in [-0.4, -0.2) is 38.6 Å². The van der Waals surface area contributed by atoms with Gasteiger partial charge < -0.3 is 16.0 Å². The number of nitrogens with two attached hydrogens (primary N) is 1. The van der Waals surface area contributed by atoms with Crippen molar-refractivity contribution in [2.24, 2.45) is 5.73 Å². The van der Waals surface area contributed by atoms with Crippen LogP contribution in [-0.2, 0) is 0 Å². The first-order valence-electron chi connectivity index (χ1n) is 4.84. The minimum Gasteiger partial charge on any atom is -0.401 e. The summed E-state index contributed by atoms with van der Waals surface area (Å²) in [5.74, 6) is 0. The Balaban J connectivity index is 3.44. The molecular weight excluding hydrogens is 162 g/mol. The largest absolute Gasteiger partial charge is 0.401 e. The fourth-order valence-electron chi connectivity index (χ4n) is 1.29. The maximum absolute atomic E-state index is 5.62. The summed E-state index contributed by atoms with van der Waals surface area (Å²) in [6.45, 7) is 4.89. The van der Waals surface area contributed by atoms with Gasteiger partial charge in [0.25, 0.3) is 0 Å². The molecule has 1 unspecified atom stereocenters. The van der Waals surface area contributed by atoms with Crippen LogP contribution in [0, 0.1) is 0 Å². The molecule has 0 saturated heterocycles. The molecule has 1 atom stereocenters. The number of hydrogen-bond acceptors (Lipinski definition) is 3. The van der Waals surface area contributed by atoms with Crippen molar-refractivity contribution in [2.75, 3.05) is 27.7 Å². The van der Waals surface area contributed by atoms with E-state index < -0.39 is 0 Å². The normalized spacial score (nSPS) is 13.2. The molecule has 78 valence electrons. The van der Waals surface area contributed by atoms with Gasteiger partial charge in [-0.15, -0.1) is 0 Å². The van der Waals surface area contributed by atoms with Crippen molar-refractivity contribution < 1.29 is 0 Å². The van der Waals surface area contributed by atoms with Crippen molar-refractivity contribution in [1.29, 1.82) is 0 Å². The summed E-state index contributed by atoms with van der Waals surface area (Å²) < 4.78 is 0. The van der Waals surface area contributed by atoms with Crippen molar-refractivity contribution in [3.63, 3.8) is 0 Å². The van der Waals surface area contributed by atoms with E-state index in [-0.39, 0.29) is 6.04 Å². The van der Waals surface area contributed by atoms with Gasteiger partial charge in [0.2, 0.25) is 0 Å². The lowest BCUT2D eigenvalue weighted by Gasteiger charge is -2.16. The standard InChI is InChI=1S/C10H23N3/c1-9(11)10(12-2)7-5-6-8-13(3)4/h10,12H,1,5-8,11H2,2-4H3. The molecule has 0 aliphatic heterocycles. The molecule has 0 bridgehead atoms. The zero-order chi connectivity index (χ0) is 10.3. The Bertz CT molecular complexity index is 143. The zero-order valence-electron chi connectivity index (χ0n) is 9.14. The summed E-state index contributed by atoms with van der Waals surface area (Å²) in [7, 11) is 6.11. The minimum absolute atomic E-state index is 0.280. The summed E-state index contributed by atoms with van der Waals surface area (Å²) in [5.41, 5.74) is 6.36. The van der Waals surface area contributed by atoms with Gasteiger partial charge in [-0.1, -0.05) is 13.0 Å². The Kier molecular flexibility index (Phi) is 6.63. The lowest BCUT2D eigenvalue weighted by atomic mass is 10.1. The first-order valence-corrected chi connectivity index (χ1v) is 4.84. The maximum Gasteiger partial charge on any atom is 0.0458 e. The summed E-state index contributed by atoms with van der Waals surface area (Å²) in [6.07, 6.45) is 3.50. The number of rotatable bonds is 7. The van der Waals surface area contributed by atoms with Gasteiger partial charge in [0, 0.05) is 11.7 Å². The van der Waals surface area contributed by atoms with Crippen molar-refractivity contribution in [1.82, 2.24) is 10.2 Å². The second kappa shape index (κ2) is 6.92. The Morgan fingerprint density at radius 2 is 2.08 bits per heavy atom. The van der Waals surface area contributed by atoms with E-state index in [2.05, 4.69) is 30.9 Å². The van der Waals surface area contributed by atoms with Gasteiger partial charge in [0.05, 0.1) is 0 Å². The average Bonchev–Trinajstić information content (AvgIpc) is 2.03. The van der Waals surface area contributed by atoms with Gasteiger partial charge in [-0.25, -0.2) is 0 Å². The van der Waals surface area contributed by atoms with E-state index in [9.17, 15) is 0 Å². The molecule has 0 aromatic heterocycles. The Labute approximate surface area is 82.0 Å². The highest BCUT2D eigenvalue weighted by molar-refractivity contribution is 4.98. The Morgan fingerprint density at radius 1 is 1.46 bits per heavy atom. The Morgan fingerprint density at radius 3 is 2.46 bits per heavy atom. The van der Waals surface area contributed by atoms with E-state index >= 15 is 0 Å². The van der Waals surface area contributed by atoms with E-state index in [1.54, 1.807) is 0 Å². The molecule has 0 radical (unpaired) electrons. The maximum atomic E-state index is 5.62. The van der Waals surface area contributed by atoms with Crippen molar-refractivity contribution >= 4 is 0 Å². The first kappa shape index (κ1) is 12.5. The number of hydrogen-bond donors (Lipinski definition) is 2. The van der Waals surface area contributed by atoms with Gasteiger partial charge in [-0.05, 0) is 40.5 Å². The van der Waals surface area contributed by atoms with Crippen LogP contribution in [0.15, 0.2) is 12.3 Å². The molecule has 0 heterocycles. The monoisotopic (exact) mass is 185 g/mol. The number of likely N-dealkylation sites (N-methyl/N-ethyl adjacent to an activating group) is 1. The SMILES string of the molecule is C=C(N)C(CCCCN(C)C)NC. The molecule has 0 aliphatic rings. The van der Waals surface area contributed by atoms with E-state index in [1.165, 1.54) is 12.8 Å². The molecular formula is C10H23N3. The smallest absolute Gasteiger partial charge is 0.0458 e. The van der Waals surface area contributed by atoms with Crippen LogP contribution in [0.4, 0.5) is 0 Å². The van der Waals surface area contributed by atoms with Crippen LogP contribution in [0.1, 0.15) is 19.3 Å². The molecule has 0 saturated carbocycles. The second-order valence-corrected chi connectivity index (χ2v) is 3.72. The highest BCUT2D eigenvalue weighted by Crippen LogP contribution is 2.04. The molecule has 0 rings (SSSR count). The van der Waals surface area contributed by atoms with Crippen LogP contribution in [0.2, 0.25) is 0 Å². The molecule has 0 spiro atoms. The minimum atomic E-state index is 0.280. The topological polar surface area (TPSA) is 41.3 Å². The number of nitrogens with zero attached hydrogens (tertiary/aromatic N) is 1. The molecule has 13 heavy (non-hydrogen) atoms. The third-order valence-electron chi connectivity index (χ3n) is 2.14. The van der Waals surface area contributed by atoms with E-state index in [0.29, 0.717) is 0 Å². The van der Waals surface area contributed by atoms with Crippen LogP contribution in [0.5, 0.6) is 0 Å². The van der Waals surface area contributed by atoms with Crippen LogP contribution in [0.25, 0.3) is 0 Å². The molecule has 0 aromatic carbocycles. The van der Waals surface area contributed by atoms with Crippen LogP contribution < -0.4 is 11.1 Å². The van der Waals surface area contributed by atoms with Crippen LogP contribution >= 0.6 is 0 Å². The third kappa shape index (κ3) is 6.61. The zero-order valence-corrected chi connectivity index (χ0v) is 9.14. The lowest BCUT2D eigenvalue weighted by molar-refractivity contribution is 0.386.